The molecule has 2 aromatic carbocycles. The lowest BCUT2D eigenvalue weighted by molar-refractivity contribution is 0.0601. The summed E-state index contributed by atoms with van der Waals surface area (Å²) in [7, 11) is 3.02. The molecule has 0 bridgehead atoms. The van der Waals surface area contributed by atoms with Gasteiger partial charge in [0.25, 0.3) is 0 Å². The van der Waals surface area contributed by atoms with Gasteiger partial charge in [-0.2, -0.15) is 0 Å². The number of carbonyl (C=O) groups is 1. The number of benzene rings is 2. The van der Waals surface area contributed by atoms with Crippen LogP contribution < -0.4 is 4.74 Å². The fourth-order valence-electron chi connectivity index (χ4n) is 2.16. The van der Waals surface area contributed by atoms with Gasteiger partial charge in [-0.1, -0.05) is 12.1 Å². The number of nitrogens with zero attached hydrogens (tertiary/aromatic N) is 1. The van der Waals surface area contributed by atoms with E-state index >= 15 is 0 Å². The van der Waals surface area contributed by atoms with Gasteiger partial charge in [0.2, 0.25) is 0 Å². The predicted molar refractivity (Wildman–Crippen MR) is 90.9 cm³/mol. The maximum atomic E-state index is 11.5. The number of hydrogen-bond donors (Lipinski definition) is 0. The van der Waals surface area contributed by atoms with Crippen molar-refractivity contribution < 1.29 is 14.3 Å². The molecule has 5 heteroatoms. The molecular formula is C18H15NO3S. The SMILES string of the molecule is COC(=O)c1ccc(-c2ncc(-c3ccc(OC)cc3)s2)cc1. The summed E-state index contributed by atoms with van der Waals surface area (Å²) < 4.78 is 9.87. The van der Waals surface area contributed by atoms with Gasteiger partial charge in [-0.3, -0.25) is 0 Å². The quantitative estimate of drug-likeness (QED) is 0.672. The van der Waals surface area contributed by atoms with Crippen molar-refractivity contribution in [3.8, 4) is 26.8 Å². The Balaban J connectivity index is 1.84. The van der Waals surface area contributed by atoms with Crippen molar-refractivity contribution in [1.29, 1.82) is 0 Å². The van der Waals surface area contributed by atoms with Gasteiger partial charge in [-0.15, -0.1) is 11.3 Å². The van der Waals surface area contributed by atoms with Crippen LogP contribution in [0, 0.1) is 0 Å². The molecule has 1 aromatic heterocycles. The summed E-state index contributed by atoms with van der Waals surface area (Å²) in [4.78, 5) is 17.0. The maximum Gasteiger partial charge on any atom is 0.337 e. The van der Waals surface area contributed by atoms with Crippen LogP contribution in [0.3, 0.4) is 0 Å². The van der Waals surface area contributed by atoms with Crippen molar-refractivity contribution in [3.05, 3.63) is 60.3 Å². The second-order valence-electron chi connectivity index (χ2n) is 4.83. The second-order valence-corrected chi connectivity index (χ2v) is 5.86. The Hall–Kier alpha value is -2.66. The first-order valence-corrected chi connectivity index (χ1v) is 7.82. The van der Waals surface area contributed by atoms with Gasteiger partial charge in [-0.25, -0.2) is 9.78 Å². The Morgan fingerprint density at radius 1 is 0.957 bits per heavy atom. The van der Waals surface area contributed by atoms with Gasteiger partial charge in [0.1, 0.15) is 10.8 Å². The fraction of sp³-hybridized carbons (Fsp3) is 0.111. The Kier molecular flexibility index (Phi) is 4.39. The normalized spacial score (nSPS) is 10.3. The zero-order valence-corrected chi connectivity index (χ0v) is 13.6. The minimum Gasteiger partial charge on any atom is -0.497 e. The lowest BCUT2D eigenvalue weighted by Crippen LogP contribution is -2.00. The number of esters is 1. The summed E-state index contributed by atoms with van der Waals surface area (Å²) in [6.07, 6.45) is 1.86. The first kappa shape index (κ1) is 15.2. The number of rotatable bonds is 4. The van der Waals surface area contributed by atoms with Crippen molar-refractivity contribution in [2.45, 2.75) is 0 Å². The zero-order chi connectivity index (χ0) is 16.2. The van der Waals surface area contributed by atoms with Gasteiger partial charge in [0.15, 0.2) is 0 Å². The van der Waals surface area contributed by atoms with Crippen molar-refractivity contribution in [1.82, 2.24) is 4.98 Å². The van der Waals surface area contributed by atoms with E-state index < -0.39 is 0 Å². The molecule has 4 nitrogen and oxygen atoms in total. The summed E-state index contributed by atoms with van der Waals surface area (Å²) in [5.41, 5.74) is 2.60. The number of thiazole rings is 1. The Bertz CT molecular complexity index is 807. The average molecular weight is 325 g/mol. The molecule has 3 rings (SSSR count). The molecule has 0 amide bonds. The van der Waals surface area contributed by atoms with Crippen molar-refractivity contribution in [2.75, 3.05) is 14.2 Å². The maximum absolute atomic E-state index is 11.5. The van der Waals surface area contributed by atoms with E-state index in [1.807, 2.05) is 42.6 Å². The molecule has 0 radical (unpaired) electrons. The van der Waals surface area contributed by atoms with Gasteiger partial charge < -0.3 is 9.47 Å². The van der Waals surface area contributed by atoms with Crippen molar-refractivity contribution >= 4 is 17.3 Å². The van der Waals surface area contributed by atoms with Crippen LogP contribution >= 0.6 is 11.3 Å². The summed E-state index contributed by atoms with van der Waals surface area (Å²) in [5, 5.41) is 0.909. The van der Waals surface area contributed by atoms with E-state index in [4.69, 9.17) is 9.47 Å². The van der Waals surface area contributed by atoms with Crippen molar-refractivity contribution in [2.24, 2.45) is 0 Å². The molecule has 0 unspecified atom stereocenters. The lowest BCUT2D eigenvalue weighted by Gasteiger charge is -2.01. The molecule has 116 valence electrons. The van der Waals surface area contributed by atoms with E-state index in [2.05, 4.69) is 4.98 Å². The highest BCUT2D eigenvalue weighted by atomic mass is 32.1. The first-order valence-electron chi connectivity index (χ1n) is 7.00. The van der Waals surface area contributed by atoms with E-state index in [0.717, 1.165) is 26.8 Å². The minimum absolute atomic E-state index is 0.338. The molecule has 23 heavy (non-hydrogen) atoms. The number of carbonyl (C=O) groups excluding carboxylic acids is 1. The van der Waals surface area contributed by atoms with Gasteiger partial charge in [0, 0.05) is 11.8 Å². The molecule has 1 heterocycles. The largest absolute Gasteiger partial charge is 0.497 e. The molecule has 3 aromatic rings. The number of methoxy groups -OCH3 is 2. The predicted octanol–water partition coefficient (Wildman–Crippen LogP) is 4.27. The molecule has 0 aliphatic carbocycles. The third kappa shape index (κ3) is 3.24. The minimum atomic E-state index is -0.338. The fourth-order valence-corrected chi connectivity index (χ4v) is 3.09. The van der Waals surface area contributed by atoms with Crippen LogP contribution in [0.1, 0.15) is 10.4 Å². The van der Waals surface area contributed by atoms with Crippen LogP contribution in [-0.2, 0) is 4.74 Å². The van der Waals surface area contributed by atoms with Crippen LogP contribution in [0.15, 0.2) is 54.7 Å². The first-order chi connectivity index (χ1) is 11.2. The Labute approximate surface area is 138 Å². The molecule has 0 saturated carbocycles. The van der Waals surface area contributed by atoms with Gasteiger partial charge in [0.05, 0.1) is 24.7 Å². The number of aromatic nitrogens is 1. The standard InChI is InChI=1S/C18H15NO3S/c1-21-15-9-7-12(8-10-15)16-11-19-17(23-16)13-3-5-14(6-4-13)18(20)22-2/h3-11H,1-2H3. The average Bonchev–Trinajstić information content (AvgIpc) is 3.11. The Morgan fingerprint density at radius 2 is 1.61 bits per heavy atom. The van der Waals surface area contributed by atoms with Gasteiger partial charge >= 0.3 is 5.97 Å². The summed E-state index contributed by atoms with van der Waals surface area (Å²) in [6, 6.07) is 15.1. The highest BCUT2D eigenvalue weighted by molar-refractivity contribution is 7.18. The van der Waals surface area contributed by atoms with E-state index in [1.54, 1.807) is 30.6 Å². The molecule has 0 N–H and O–H groups in total. The monoisotopic (exact) mass is 325 g/mol. The molecule has 0 aliphatic heterocycles. The molecule has 0 aliphatic rings. The molecule has 0 spiro atoms. The molecule has 0 fully saturated rings. The molecule has 0 saturated heterocycles. The highest BCUT2D eigenvalue weighted by Gasteiger charge is 2.09. The summed E-state index contributed by atoms with van der Waals surface area (Å²) >= 11 is 1.60. The number of hydrogen-bond acceptors (Lipinski definition) is 5. The molecule has 0 atom stereocenters. The van der Waals surface area contributed by atoms with E-state index in [-0.39, 0.29) is 5.97 Å². The van der Waals surface area contributed by atoms with Crippen molar-refractivity contribution in [3.63, 3.8) is 0 Å². The topological polar surface area (TPSA) is 48.4 Å². The number of ether oxygens (including phenoxy) is 2. The van der Waals surface area contributed by atoms with Crippen LogP contribution in [0.25, 0.3) is 21.0 Å². The van der Waals surface area contributed by atoms with Gasteiger partial charge in [-0.05, 0) is 42.0 Å². The third-order valence-electron chi connectivity index (χ3n) is 3.43. The second kappa shape index (κ2) is 6.62. The Morgan fingerprint density at radius 3 is 2.22 bits per heavy atom. The lowest BCUT2D eigenvalue weighted by atomic mass is 10.1. The summed E-state index contributed by atoms with van der Waals surface area (Å²) in [6.45, 7) is 0. The zero-order valence-electron chi connectivity index (χ0n) is 12.8. The van der Waals surface area contributed by atoms with Crippen LogP contribution in [0.4, 0.5) is 0 Å². The molecular weight excluding hydrogens is 310 g/mol. The van der Waals surface area contributed by atoms with Crippen LogP contribution in [0.2, 0.25) is 0 Å². The van der Waals surface area contributed by atoms with E-state index in [0.29, 0.717) is 5.56 Å². The summed E-state index contributed by atoms with van der Waals surface area (Å²) in [5.74, 6) is 0.492. The third-order valence-corrected chi connectivity index (χ3v) is 4.53. The van der Waals surface area contributed by atoms with Crippen LogP contribution in [-0.4, -0.2) is 25.2 Å². The van der Waals surface area contributed by atoms with E-state index in [1.165, 1.54) is 7.11 Å². The van der Waals surface area contributed by atoms with E-state index in [9.17, 15) is 4.79 Å². The van der Waals surface area contributed by atoms with Crippen LogP contribution in [0.5, 0.6) is 5.75 Å². The highest BCUT2D eigenvalue weighted by Crippen LogP contribution is 2.32. The smallest absolute Gasteiger partial charge is 0.337 e.